The molecular weight excluding hydrogens is 172 g/mol. The molecule has 0 aromatic heterocycles. The standard InChI is InChI=1S/C12H22N2/c13-9-5-11-14-10-4-3-8-12-6-1-2-7-12/h1-2,6,14H,3-5,7-11,13H2. The van der Waals surface area contributed by atoms with Crippen LogP contribution in [0.1, 0.15) is 32.1 Å². The predicted octanol–water partition coefficient (Wildman–Crippen LogP) is 1.98. The van der Waals surface area contributed by atoms with E-state index in [1.54, 1.807) is 5.57 Å². The van der Waals surface area contributed by atoms with Gasteiger partial charge in [0.1, 0.15) is 0 Å². The minimum atomic E-state index is 0.797. The summed E-state index contributed by atoms with van der Waals surface area (Å²) in [4.78, 5) is 0. The minimum Gasteiger partial charge on any atom is -0.330 e. The van der Waals surface area contributed by atoms with Gasteiger partial charge in [-0.3, -0.25) is 0 Å². The summed E-state index contributed by atoms with van der Waals surface area (Å²) in [5, 5.41) is 3.40. The second-order valence-corrected chi connectivity index (χ2v) is 3.81. The van der Waals surface area contributed by atoms with Crippen LogP contribution < -0.4 is 11.1 Å². The van der Waals surface area contributed by atoms with Crippen LogP contribution in [0.4, 0.5) is 0 Å². The Kier molecular flexibility index (Phi) is 6.37. The van der Waals surface area contributed by atoms with E-state index in [1.807, 2.05) is 0 Å². The van der Waals surface area contributed by atoms with Crippen molar-refractivity contribution in [2.45, 2.75) is 32.1 Å². The Balaban J connectivity index is 1.80. The minimum absolute atomic E-state index is 0.797. The van der Waals surface area contributed by atoms with E-state index >= 15 is 0 Å². The van der Waals surface area contributed by atoms with E-state index in [4.69, 9.17) is 5.73 Å². The second-order valence-electron chi connectivity index (χ2n) is 3.81. The number of hydrogen-bond acceptors (Lipinski definition) is 2. The van der Waals surface area contributed by atoms with Crippen LogP contribution in [0.3, 0.4) is 0 Å². The molecule has 14 heavy (non-hydrogen) atoms. The smallest absolute Gasteiger partial charge is 0.00369 e. The van der Waals surface area contributed by atoms with E-state index < -0.39 is 0 Å². The molecule has 0 aromatic rings. The van der Waals surface area contributed by atoms with Gasteiger partial charge in [-0.15, -0.1) is 0 Å². The van der Waals surface area contributed by atoms with Crippen molar-refractivity contribution < 1.29 is 0 Å². The van der Waals surface area contributed by atoms with Crippen molar-refractivity contribution in [2.75, 3.05) is 19.6 Å². The molecule has 80 valence electrons. The summed E-state index contributed by atoms with van der Waals surface area (Å²) in [6.07, 6.45) is 12.8. The van der Waals surface area contributed by atoms with Gasteiger partial charge >= 0.3 is 0 Å². The number of unbranched alkanes of at least 4 members (excludes halogenated alkanes) is 1. The first-order valence-electron chi connectivity index (χ1n) is 5.69. The summed E-state index contributed by atoms with van der Waals surface area (Å²) >= 11 is 0. The van der Waals surface area contributed by atoms with Crippen molar-refractivity contribution in [3.63, 3.8) is 0 Å². The third kappa shape index (κ3) is 5.20. The summed E-state index contributed by atoms with van der Waals surface area (Å²) in [5.74, 6) is 0. The molecule has 0 amide bonds. The van der Waals surface area contributed by atoms with Crippen LogP contribution in [0.2, 0.25) is 0 Å². The molecule has 1 aliphatic carbocycles. The van der Waals surface area contributed by atoms with Crippen molar-refractivity contribution in [3.8, 4) is 0 Å². The molecule has 0 bridgehead atoms. The van der Waals surface area contributed by atoms with E-state index in [0.29, 0.717) is 0 Å². The highest BCUT2D eigenvalue weighted by Gasteiger charge is 1.98. The Bertz CT molecular complexity index is 194. The zero-order valence-electron chi connectivity index (χ0n) is 8.97. The fourth-order valence-electron chi connectivity index (χ4n) is 1.63. The third-order valence-corrected chi connectivity index (χ3v) is 2.51. The lowest BCUT2D eigenvalue weighted by Crippen LogP contribution is -2.19. The average Bonchev–Trinajstić information content (AvgIpc) is 2.69. The number of allylic oxidation sites excluding steroid dienone is 4. The molecule has 0 fully saturated rings. The molecule has 0 unspecified atom stereocenters. The van der Waals surface area contributed by atoms with Gasteiger partial charge in [0.05, 0.1) is 0 Å². The summed E-state index contributed by atoms with van der Waals surface area (Å²) in [6, 6.07) is 0. The van der Waals surface area contributed by atoms with Gasteiger partial charge in [-0.1, -0.05) is 23.8 Å². The largest absolute Gasteiger partial charge is 0.330 e. The summed E-state index contributed by atoms with van der Waals surface area (Å²) < 4.78 is 0. The van der Waals surface area contributed by atoms with E-state index in [9.17, 15) is 0 Å². The molecule has 0 saturated carbocycles. The first kappa shape index (κ1) is 11.5. The van der Waals surface area contributed by atoms with Crippen LogP contribution in [0.5, 0.6) is 0 Å². The third-order valence-electron chi connectivity index (χ3n) is 2.51. The Morgan fingerprint density at radius 1 is 1.21 bits per heavy atom. The monoisotopic (exact) mass is 194 g/mol. The maximum absolute atomic E-state index is 5.40. The molecule has 0 heterocycles. The van der Waals surface area contributed by atoms with Crippen molar-refractivity contribution in [1.82, 2.24) is 5.32 Å². The number of nitrogens with two attached hydrogens (primary N) is 1. The second kappa shape index (κ2) is 7.77. The molecular formula is C12H22N2. The summed E-state index contributed by atoms with van der Waals surface area (Å²) in [6.45, 7) is 3.01. The molecule has 1 rings (SSSR count). The molecule has 0 atom stereocenters. The van der Waals surface area contributed by atoms with E-state index in [1.165, 1.54) is 25.7 Å². The topological polar surface area (TPSA) is 38.0 Å². The number of hydrogen-bond donors (Lipinski definition) is 2. The number of rotatable bonds is 8. The molecule has 0 aromatic carbocycles. The lowest BCUT2D eigenvalue weighted by atomic mass is 10.1. The lowest BCUT2D eigenvalue weighted by Gasteiger charge is -2.04. The Morgan fingerprint density at radius 2 is 2.07 bits per heavy atom. The Labute approximate surface area is 87.3 Å². The van der Waals surface area contributed by atoms with Crippen molar-refractivity contribution in [2.24, 2.45) is 5.73 Å². The highest BCUT2D eigenvalue weighted by atomic mass is 14.8. The van der Waals surface area contributed by atoms with Crippen LogP contribution in [-0.2, 0) is 0 Å². The SMILES string of the molecule is NCCCNCCCCC1=CC=CC1. The predicted molar refractivity (Wildman–Crippen MR) is 62.2 cm³/mol. The average molecular weight is 194 g/mol. The van der Waals surface area contributed by atoms with Gasteiger partial charge in [0.2, 0.25) is 0 Å². The fraction of sp³-hybridized carbons (Fsp3) is 0.667. The van der Waals surface area contributed by atoms with Crippen LogP contribution in [0.25, 0.3) is 0 Å². The van der Waals surface area contributed by atoms with Crippen LogP contribution in [0.15, 0.2) is 23.8 Å². The summed E-state index contributed by atoms with van der Waals surface area (Å²) in [7, 11) is 0. The zero-order chi connectivity index (χ0) is 10.1. The molecule has 0 radical (unpaired) electrons. The van der Waals surface area contributed by atoms with Crippen molar-refractivity contribution in [3.05, 3.63) is 23.8 Å². The maximum Gasteiger partial charge on any atom is -0.00369 e. The van der Waals surface area contributed by atoms with Gasteiger partial charge < -0.3 is 11.1 Å². The van der Waals surface area contributed by atoms with E-state index in [2.05, 4.69) is 23.5 Å². The quantitative estimate of drug-likeness (QED) is 0.580. The van der Waals surface area contributed by atoms with E-state index in [0.717, 1.165) is 26.1 Å². The normalized spacial score (nSPS) is 14.8. The molecule has 0 spiro atoms. The van der Waals surface area contributed by atoms with Gasteiger partial charge in [-0.2, -0.15) is 0 Å². The summed E-state index contributed by atoms with van der Waals surface area (Å²) in [5.41, 5.74) is 6.99. The maximum atomic E-state index is 5.40. The number of nitrogens with one attached hydrogen (secondary N) is 1. The van der Waals surface area contributed by atoms with Gasteiger partial charge in [0.25, 0.3) is 0 Å². The zero-order valence-corrected chi connectivity index (χ0v) is 8.97. The van der Waals surface area contributed by atoms with Gasteiger partial charge in [-0.25, -0.2) is 0 Å². The molecule has 3 N–H and O–H groups in total. The Morgan fingerprint density at radius 3 is 2.79 bits per heavy atom. The Hall–Kier alpha value is -0.600. The highest BCUT2D eigenvalue weighted by Crippen LogP contribution is 2.16. The lowest BCUT2D eigenvalue weighted by molar-refractivity contribution is 0.605. The molecule has 0 aliphatic heterocycles. The van der Waals surface area contributed by atoms with E-state index in [-0.39, 0.29) is 0 Å². The van der Waals surface area contributed by atoms with Gasteiger partial charge in [0, 0.05) is 0 Å². The first-order chi connectivity index (χ1) is 6.93. The van der Waals surface area contributed by atoms with Crippen LogP contribution in [-0.4, -0.2) is 19.6 Å². The highest BCUT2D eigenvalue weighted by molar-refractivity contribution is 5.22. The van der Waals surface area contributed by atoms with Gasteiger partial charge in [-0.05, 0) is 51.7 Å². The molecule has 2 nitrogen and oxygen atoms in total. The van der Waals surface area contributed by atoms with Crippen molar-refractivity contribution >= 4 is 0 Å². The fourth-order valence-corrected chi connectivity index (χ4v) is 1.63. The van der Waals surface area contributed by atoms with Crippen LogP contribution in [0, 0.1) is 0 Å². The molecule has 1 aliphatic rings. The first-order valence-corrected chi connectivity index (χ1v) is 5.69. The van der Waals surface area contributed by atoms with Crippen LogP contribution >= 0.6 is 0 Å². The molecule has 0 saturated heterocycles. The van der Waals surface area contributed by atoms with Crippen molar-refractivity contribution in [1.29, 1.82) is 0 Å². The van der Waals surface area contributed by atoms with Gasteiger partial charge in [0.15, 0.2) is 0 Å². The molecule has 2 heteroatoms.